The van der Waals surface area contributed by atoms with Gasteiger partial charge in [0.2, 0.25) is 5.91 Å². The van der Waals surface area contributed by atoms with Crippen LogP contribution in [0.5, 0.6) is 0 Å². The van der Waals surface area contributed by atoms with Crippen LogP contribution >= 0.6 is 0 Å². The summed E-state index contributed by atoms with van der Waals surface area (Å²) < 4.78 is 0. The van der Waals surface area contributed by atoms with Crippen LogP contribution in [-0.4, -0.2) is 23.5 Å². The minimum atomic E-state index is -0.451. The summed E-state index contributed by atoms with van der Waals surface area (Å²) in [4.78, 5) is 35.1. The molecule has 0 heterocycles. The van der Waals surface area contributed by atoms with Crippen molar-refractivity contribution in [2.45, 2.75) is 79.2 Å². The van der Waals surface area contributed by atoms with E-state index in [0.29, 0.717) is 24.7 Å². The predicted octanol–water partition coefficient (Wildman–Crippen LogP) is 3.84. The molecule has 0 aliphatic heterocycles. The fraction of sp³-hybridized carbons (Fsp3) is 0.737. The standard InChI is InChI=1S/C19H33NO3/c1-6-15(4)13-17(20-19(23)12-11-16(5)21)18(22)10-8-7-9-14(2)3/h11-12,14-15,17H,6-10,13H2,1-5H3,(H,20,23)/b12-11-. The minimum Gasteiger partial charge on any atom is -0.343 e. The minimum absolute atomic E-state index is 0.0960. The number of hydrogen-bond donors (Lipinski definition) is 1. The number of hydrogen-bond acceptors (Lipinski definition) is 3. The van der Waals surface area contributed by atoms with Crippen LogP contribution in [0.4, 0.5) is 0 Å². The normalized spacial score (nSPS) is 14.0. The van der Waals surface area contributed by atoms with E-state index in [0.717, 1.165) is 25.7 Å². The molecule has 1 N–H and O–H groups in total. The molecule has 23 heavy (non-hydrogen) atoms. The second-order valence-corrected chi connectivity index (χ2v) is 6.86. The summed E-state index contributed by atoms with van der Waals surface area (Å²) >= 11 is 0. The molecule has 1 amide bonds. The zero-order chi connectivity index (χ0) is 17.8. The van der Waals surface area contributed by atoms with Gasteiger partial charge in [-0.1, -0.05) is 47.0 Å². The summed E-state index contributed by atoms with van der Waals surface area (Å²) in [7, 11) is 0. The number of nitrogens with one attached hydrogen (secondary N) is 1. The molecule has 4 nitrogen and oxygen atoms in total. The topological polar surface area (TPSA) is 63.2 Å². The van der Waals surface area contributed by atoms with Gasteiger partial charge in [-0.3, -0.25) is 14.4 Å². The molecule has 0 aliphatic rings. The van der Waals surface area contributed by atoms with Gasteiger partial charge in [0.1, 0.15) is 0 Å². The molecule has 2 atom stereocenters. The second-order valence-electron chi connectivity index (χ2n) is 6.86. The number of allylic oxidation sites excluding steroid dienone is 1. The molecule has 0 saturated carbocycles. The maximum absolute atomic E-state index is 12.4. The van der Waals surface area contributed by atoms with E-state index in [1.54, 1.807) is 0 Å². The van der Waals surface area contributed by atoms with Crippen molar-refractivity contribution in [1.82, 2.24) is 5.32 Å². The lowest BCUT2D eigenvalue weighted by Gasteiger charge is -2.20. The highest BCUT2D eigenvalue weighted by molar-refractivity contribution is 5.98. The highest BCUT2D eigenvalue weighted by atomic mass is 16.2. The fourth-order valence-corrected chi connectivity index (χ4v) is 2.28. The van der Waals surface area contributed by atoms with Crippen LogP contribution in [0.3, 0.4) is 0 Å². The Morgan fingerprint density at radius 2 is 1.70 bits per heavy atom. The van der Waals surface area contributed by atoms with Gasteiger partial charge in [0, 0.05) is 12.5 Å². The third-order valence-electron chi connectivity index (χ3n) is 3.96. The van der Waals surface area contributed by atoms with Gasteiger partial charge < -0.3 is 5.32 Å². The van der Waals surface area contributed by atoms with Gasteiger partial charge in [0.25, 0.3) is 0 Å². The van der Waals surface area contributed by atoms with E-state index in [4.69, 9.17) is 0 Å². The van der Waals surface area contributed by atoms with E-state index < -0.39 is 6.04 Å². The van der Waals surface area contributed by atoms with Crippen molar-refractivity contribution < 1.29 is 14.4 Å². The summed E-state index contributed by atoms with van der Waals surface area (Å²) in [6.07, 6.45) is 7.59. The molecule has 2 unspecified atom stereocenters. The number of amides is 1. The van der Waals surface area contributed by atoms with E-state index in [2.05, 4.69) is 33.0 Å². The first kappa shape index (κ1) is 21.6. The molecule has 0 aromatic heterocycles. The van der Waals surface area contributed by atoms with Crippen LogP contribution in [0.2, 0.25) is 0 Å². The lowest BCUT2D eigenvalue weighted by atomic mass is 9.94. The van der Waals surface area contributed by atoms with Crippen LogP contribution in [0, 0.1) is 11.8 Å². The van der Waals surface area contributed by atoms with Crippen LogP contribution < -0.4 is 5.32 Å². The van der Waals surface area contributed by atoms with Gasteiger partial charge in [-0.25, -0.2) is 0 Å². The van der Waals surface area contributed by atoms with E-state index in [9.17, 15) is 14.4 Å². The van der Waals surface area contributed by atoms with Crippen molar-refractivity contribution in [3.05, 3.63) is 12.2 Å². The van der Waals surface area contributed by atoms with Gasteiger partial charge in [0.05, 0.1) is 6.04 Å². The molecule has 0 saturated heterocycles. The highest BCUT2D eigenvalue weighted by Crippen LogP contribution is 2.14. The maximum atomic E-state index is 12.4. The highest BCUT2D eigenvalue weighted by Gasteiger charge is 2.21. The number of rotatable bonds is 12. The Kier molecular flexibility index (Phi) is 11.3. The Hall–Kier alpha value is -1.45. The zero-order valence-corrected chi connectivity index (χ0v) is 15.4. The van der Waals surface area contributed by atoms with Gasteiger partial charge in [0.15, 0.2) is 11.6 Å². The molecule has 0 fully saturated rings. The Bertz CT molecular complexity index is 413. The van der Waals surface area contributed by atoms with E-state index in [1.807, 2.05) is 0 Å². The van der Waals surface area contributed by atoms with Crippen LogP contribution in [0.25, 0.3) is 0 Å². The number of Topliss-reactive ketones (excluding diaryl/α,β-unsaturated/α-hetero) is 1. The third-order valence-corrected chi connectivity index (χ3v) is 3.96. The molecule has 0 bridgehead atoms. The van der Waals surface area contributed by atoms with Crippen molar-refractivity contribution in [3.63, 3.8) is 0 Å². The molecule has 0 aliphatic carbocycles. The van der Waals surface area contributed by atoms with Gasteiger partial charge in [-0.15, -0.1) is 0 Å². The monoisotopic (exact) mass is 323 g/mol. The summed E-state index contributed by atoms with van der Waals surface area (Å²) in [5, 5.41) is 2.76. The molecule has 0 spiro atoms. The SMILES string of the molecule is CCC(C)CC(NC(=O)/C=C\C(C)=O)C(=O)CCCCC(C)C. The first-order valence-corrected chi connectivity index (χ1v) is 8.78. The van der Waals surface area contributed by atoms with Crippen LogP contribution in [-0.2, 0) is 14.4 Å². The lowest BCUT2D eigenvalue weighted by molar-refractivity contribution is -0.126. The number of carbonyl (C=O) groups excluding carboxylic acids is 3. The Balaban J connectivity index is 4.56. The molecule has 0 aromatic carbocycles. The molecule has 0 aromatic rings. The summed E-state index contributed by atoms with van der Waals surface area (Å²) in [5.41, 5.74) is 0. The summed E-state index contributed by atoms with van der Waals surface area (Å²) in [6.45, 7) is 9.90. The van der Waals surface area contributed by atoms with Crippen molar-refractivity contribution >= 4 is 17.5 Å². The third kappa shape index (κ3) is 11.7. The zero-order valence-electron chi connectivity index (χ0n) is 15.4. The van der Waals surface area contributed by atoms with Gasteiger partial charge in [-0.2, -0.15) is 0 Å². The van der Waals surface area contributed by atoms with E-state index >= 15 is 0 Å². The smallest absolute Gasteiger partial charge is 0.244 e. The molecular weight excluding hydrogens is 290 g/mol. The van der Waals surface area contributed by atoms with E-state index in [1.165, 1.54) is 19.1 Å². The predicted molar refractivity (Wildman–Crippen MR) is 94.1 cm³/mol. The molecule has 4 heteroatoms. The summed E-state index contributed by atoms with van der Waals surface area (Å²) in [6, 6.07) is -0.451. The maximum Gasteiger partial charge on any atom is 0.244 e. The van der Waals surface area contributed by atoms with Crippen molar-refractivity contribution in [2.75, 3.05) is 0 Å². The fourth-order valence-electron chi connectivity index (χ4n) is 2.28. The van der Waals surface area contributed by atoms with Gasteiger partial charge >= 0.3 is 0 Å². The Morgan fingerprint density at radius 3 is 2.22 bits per heavy atom. The van der Waals surface area contributed by atoms with Crippen molar-refractivity contribution in [1.29, 1.82) is 0 Å². The summed E-state index contributed by atoms with van der Waals surface area (Å²) in [5.74, 6) is 0.565. The average Bonchev–Trinajstić information content (AvgIpc) is 2.48. The van der Waals surface area contributed by atoms with Gasteiger partial charge in [-0.05, 0) is 37.7 Å². The first-order chi connectivity index (χ1) is 10.8. The first-order valence-electron chi connectivity index (χ1n) is 8.78. The van der Waals surface area contributed by atoms with Crippen molar-refractivity contribution in [3.8, 4) is 0 Å². The van der Waals surface area contributed by atoms with Crippen molar-refractivity contribution in [2.24, 2.45) is 11.8 Å². The van der Waals surface area contributed by atoms with Crippen LogP contribution in [0.1, 0.15) is 73.1 Å². The number of carbonyl (C=O) groups is 3. The molecular formula is C19H33NO3. The average molecular weight is 323 g/mol. The quantitative estimate of drug-likeness (QED) is 0.438. The molecule has 132 valence electrons. The Morgan fingerprint density at radius 1 is 1.04 bits per heavy atom. The largest absolute Gasteiger partial charge is 0.343 e. The molecule has 0 radical (unpaired) electrons. The van der Waals surface area contributed by atoms with E-state index in [-0.39, 0.29) is 17.5 Å². The number of ketones is 2. The lowest BCUT2D eigenvalue weighted by Crippen LogP contribution is -2.41. The number of unbranched alkanes of at least 4 members (excludes halogenated alkanes) is 1. The molecule has 0 rings (SSSR count). The second kappa shape index (κ2) is 12.0. The van der Waals surface area contributed by atoms with Crippen LogP contribution in [0.15, 0.2) is 12.2 Å². The Labute approximate surface area is 141 Å².